The molecule has 0 radical (unpaired) electrons. The van der Waals surface area contributed by atoms with Crippen molar-refractivity contribution in [3.8, 4) is 11.8 Å². The van der Waals surface area contributed by atoms with Gasteiger partial charge < -0.3 is 11.1 Å². The normalized spacial score (nSPS) is 15.1. The summed E-state index contributed by atoms with van der Waals surface area (Å²) in [4.78, 5) is 18.0. The molecule has 1 aliphatic carbocycles. The molecule has 0 bridgehead atoms. The number of rotatable bonds is 10. The standard InChI is InChI=1S/C37H38FN7O2S/c1-23-19-33(45(43-23)29-13-9-26-16-18-41-34(40)30(26)21-29)35(46)42-32-20-28(12-14-31(32)38)37(17-15-24-5-6-24,44-48(47)36(2,3)4)27-10-7-25(22-39)8-11-27/h7-14,16,18-21,24,44H,5-6,15,17H2,1-4H3,(H2,40,41)(H,42,46). The number of nitrogen functional groups attached to an aromatic ring is 1. The first-order valence-corrected chi connectivity index (χ1v) is 17.1. The van der Waals surface area contributed by atoms with E-state index in [0.29, 0.717) is 40.7 Å². The quantitative estimate of drug-likeness (QED) is 0.146. The third-order valence-corrected chi connectivity index (χ3v) is 10.4. The maximum Gasteiger partial charge on any atom is 0.274 e. The van der Waals surface area contributed by atoms with Crippen molar-refractivity contribution in [3.05, 3.63) is 113 Å². The van der Waals surface area contributed by atoms with Gasteiger partial charge in [-0.3, -0.25) is 4.79 Å². The Kier molecular flexibility index (Phi) is 8.90. The van der Waals surface area contributed by atoms with Crippen LogP contribution in [0.25, 0.3) is 16.5 Å². The van der Waals surface area contributed by atoms with Crippen LogP contribution in [-0.4, -0.2) is 29.6 Å². The predicted molar refractivity (Wildman–Crippen MR) is 187 cm³/mol. The lowest BCUT2D eigenvalue weighted by Crippen LogP contribution is -2.49. The Morgan fingerprint density at radius 2 is 1.79 bits per heavy atom. The van der Waals surface area contributed by atoms with Gasteiger partial charge in [-0.1, -0.05) is 37.1 Å². The van der Waals surface area contributed by atoms with Gasteiger partial charge in [0, 0.05) is 11.6 Å². The van der Waals surface area contributed by atoms with Gasteiger partial charge in [0.1, 0.15) is 17.3 Å². The van der Waals surface area contributed by atoms with E-state index in [0.717, 1.165) is 35.6 Å². The van der Waals surface area contributed by atoms with E-state index in [4.69, 9.17) is 5.73 Å². The molecule has 1 aliphatic rings. The molecule has 5 aromatic rings. The van der Waals surface area contributed by atoms with Crippen molar-refractivity contribution in [2.75, 3.05) is 11.1 Å². The predicted octanol–water partition coefficient (Wildman–Crippen LogP) is 7.06. The number of nitriles is 1. The van der Waals surface area contributed by atoms with E-state index < -0.39 is 33.0 Å². The smallest absolute Gasteiger partial charge is 0.274 e. The van der Waals surface area contributed by atoms with E-state index in [2.05, 4.69) is 26.2 Å². The molecule has 1 fully saturated rings. The Morgan fingerprint density at radius 1 is 1.06 bits per heavy atom. The molecule has 4 N–H and O–H groups in total. The highest BCUT2D eigenvalue weighted by molar-refractivity contribution is 7.84. The van der Waals surface area contributed by atoms with Crippen LogP contribution >= 0.6 is 0 Å². The summed E-state index contributed by atoms with van der Waals surface area (Å²) in [5, 5.41) is 18.4. The van der Waals surface area contributed by atoms with Gasteiger partial charge in [-0.25, -0.2) is 23.0 Å². The molecule has 1 saturated carbocycles. The lowest BCUT2D eigenvalue weighted by atomic mass is 9.79. The number of nitrogens with one attached hydrogen (secondary N) is 2. The number of pyridine rings is 1. The zero-order valence-corrected chi connectivity index (χ0v) is 28.2. The second-order valence-corrected chi connectivity index (χ2v) is 15.4. The summed E-state index contributed by atoms with van der Waals surface area (Å²) in [6, 6.07) is 22.9. The lowest BCUT2D eigenvalue weighted by Gasteiger charge is -2.38. The summed E-state index contributed by atoms with van der Waals surface area (Å²) >= 11 is 0. The number of nitrogens with zero attached hydrogens (tertiary/aromatic N) is 4. The molecule has 2 unspecified atom stereocenters. The van der Waals surface area contributed by atoms with Crippen LogP contribution in [0.15, 0.2) is 79.0 Å². The number of hydrogen-bond donors (Lipinski definition) is 3. The molecule has 9 nitrogen and oxygen atoms in total. The number of fused-ring (bicyclic) bond motifs is 1. The topological polar surface area (TPSA) is 139 Å². The number of anilines is 2. The number of carbonyl (C=O) groups is 1. The van der Waals surface area contributed by atoms with E-state index in [1.54, 1.807) is 43.5 Å². The largest absolute Gasteiger partial charge is 0.383 e. The number of amides is 1. The number of benzene rings is 3. The fourth-order valence-corrected chi connectivity index (χ4v) is 6.79. The fourth-order valence-electron chi connectivity index (χ4n) is 5.83. The molecule has 2 aromatic heterocycles. The highest BCUT2D eigenvalue weighted by Gasteiger charge is 2.40. The summed E-state index contributed by atoms with van der Waals surface area (Å²) < 4.78 is 33.7. The van der Waals surface area contributed by atoms with Crippen molar-refractivity contribution in [1.29, 1.82) is 5.26 Å². The van der Waals surface area contributed by atoms with Crippen molar-refractivity contribution in [2.24, 2.45) is 5.92 Å². The maximum atomic E-state index is 15.6. The van der Waals surface area contributed by atoms with Gasteiger partial charge in [0.15, 0.2) is 0 Å². The van der Waals surface area contributed by atoms with Crippen LogP contribution in [0.2, 0.25) is 0 Å². The Bertz CT molecular complexity index is 2080. The van der Waals surface area contributed by atoms with E-state index in [1.807, 2.05) is 57.2 Å². The van der Waals surface area contributed by atoms with Gasteiger partial charge in [0.25, 0.3) is 5.91 Å². The molecule has 48 heavy (non-hydrogen) atoms. The van der Waals surface area contributed by atoms with Crippen molar-refractivity contribution >= 4 is 39.2 Å². The summed E-state index contributed by atoms with van der Waals surface area (Å²) in [6.45, 7) is 7.45. The van der Waals surface area contributed by atoms with Crippen LogP contribution in [0.1, 0.15) is 79.3 Å². The Labute approximate surface area is 282 Å². The minimum absolute atomic E-state index is 0.0253. The molecule has 2 atom stereocenters. The first-order chi connectivity index (χ1) is 22.9. The molecule has 0 aliphatic heterocycles. The van der Waals surface area contributed by atoms with Crippen LogP contribution in [0.3, 0.4) is 0 Å². The zero-order valence-electron chi connectivity index (χ0n) is 27.4. The van der Waals surface area contributed by atoms with E-state index >= 15 is 4.39 Å². The Balaban J connectivity index is 1.41. The number of carbonyl (C=O) groups excluding carboxylic acids is 1. The highest BCUT2D eigenvalue weighted by atomic mass is 32.2. The minimum Gasteiger partial charge on any atom is -0.383 e. The number of hydrogen-bond acceptors (Lipinski definition) is 6. The summed E-state index contributed by atoms with van der Waals surface area (Å²) in [7, 11) is -1.52. The molecule has 11 heteroatoms. The van der Waals surface area contributed by atoms with Crippen LogP contribution in [-0.2, 0) is 16.5 Å². The number of aromatic nitrogens is 3. The minimum atomic E-state index is -1.52. The van der Waals surface area contributed by atoms with E-state index in [9.17, 15) is 14.3 Å². The third-order valence-electron chi connectivity index (χ3n) is 8.75. The van der Waals surface area contributed by atoms with Crippen LogP contribution in [0.4, 0.5) is 15.9 Å². The fraction of sp³-hybridized carbons (Fsp3) is 0.297. The van der Waals surface area contributed by atoms with Crippen LogP contribution in [0.5, 0.6) is 0 Å². The second kappa shape index (κ2) is 12.9. The summed E-state index contributed by atoms with van der Waals surface area (Å²) in [6.07, 6.45) is 5.33. The maximum absolute atomic E-state index is 15.6. The molecule has 3 aromatic carbocycles. The SMILES string of the molecule is Cc1cc(C(=O)Nc2cc(C(CCC3CC3)(NS(=O)C(C)(C)C)c3ccc(C#N)cc3)ccc2F)n(-c2ccc3ccnc(N)c3c2)n1. The van der Waals surface area contributed by atoms with Gasteiger partial charge in [-0.05, 0) is 111 Å². The summed E-state index contributed by atoms with van der Waals surface area (Å²) in [5.74, 6) is -0.264. The Hall–Kier alpha value is -4.92. The van der Waals surface area contributed by atoms with Crippen LogP contribution < -0.4 is 15.8 Å². The zero-order chi connectivity index (χ0) is 34.2. The number of nitrogens with two attached hydrogens (primary N) is 1. The molecule has 246 valence electrons. The second-order valence-electron chi connectivity index (χ2n) is 13.4. The van der Waals surface area contributed by atoms with Crippen molar-refractivity contribution < 1.29 is 13.4 Å². The molecular weight excluding hydrogens is 626 g/mol. The van der Waals surface area contributed by atoms with Gasteiger partial charge in [-0.2, -0.15) is 10.4 Å². The average Bonchev–Trinajstić information content (AvgIpc) is 3.82. The number of aryl methyl sites for hydroxylation is 1. The van der Waals surface area contributed by atoms with Gasteiger partial charge >= 0.3 is 0 Å². The van der Waals surface area contributed by atoms with Crippen LogP contribution in [0, 0.1) is 30.0 Å². The van der Waals surface area contributed by atoms with Gasteiger partial charge in [0.05, 0.1) is 50.0 Å². The highest BCUT2D eigenvalue weighted by Crippen LogP contribution is 2.43. The molecule has 0 saturated heterocycles. The third kappa shape index (κ3) is 6.72. The average molecular weight is 664 g/mol. The monoisotopic (exact) mass is 663 g/mol. The summed E-state index contributed by atoms with van der Waals surface area (Å²) in [5.41, 5.74) is 8.44. The van der Waals surface area contributed by atoms with E-state index in [1.165, 1.54) is 10.7 Å². The molecule has 2 heterocycles. The molecule has 0 spiro atoms. The van der Waals surface area contributed by atoms with Gasteiger partial charge in [0.2, 0.25) is 0 Å². The Morgan fingerprint density at radius 3 is 2.48 bits per heavy atom. The molecule has 6 rings (SSSR count). The first kappa shape index (κ1) is 33.0. The van der Waals surface area contributed by atoms with Crippen molar-refractivity contribution in [3.63, 3.8) is 0 Å². The molecular formula is C37H38FN7O2S. The molecule has 1 amide bonds. The van der Waals surface area contributed by atoms with Gasteiger partial charge in [-0.15, -0.1) is 0 Å². The lowest BCUT2D eigenvalue weighted by molar-refractivity contribution is 0.101. The van der Waals surface area contributed by atoms with Crippen molar-refractivity contribution in [2.45, 2.75) is 63.7 Å². The first-order valence-electron chi connectivity index (χ1n) is 15.9. The van der Waals surface area contributed by atoms with E-state index in [-0.39, 0.29) is 11.4 Å². The number of halogens is 1. The van der Waals surface area contributed by atoms with Crippen molar-refractivity contribution in [1.82, 2.24) is 19.5 Å².